The van der Waals surface area contributed by atoms with Crippen molar-refractivity contribution in [1.29, 1.82) is 0 Å². The molecule has 7 heteroatoms. The highest BCUT2D eigenvalue weighted by Gasteiger charge is 2.11. The van der Waals surface area contributed by atoms with Crippen LogP contribution in [0.15, 0.2) is 30.6 Å². The van der Waals surface area contributed by atoms with Gasteiger partial charge in [-0.25, -0.2) is 14.8 Å². The number of methoxy groups -OCH3 is 1. The SMILES string of the molecule is CCCN(CCC)c1cc(Nc2cc(C(=O)OC)ccc2Cl)ncn1. The number of aromatic nitrogens is 2. The van der Waals surface area contributed by atoms with Crippen molar-refractivity contribution in [2.45, 2.75) is 26.7 Å². The molecule has 0 aliphatic carbocycles. The molecule has 0 fully saturated rings. The Hall–Kier alpha value is -2.34. The van der Waals surface area contributed by atoms with E-state index in [9.17, 15) is 4.79 Å². The molecule has 1 aromatic carbocycles. The van der Waals surface area contributed by atoms with Crippen LogP contribution < -0.4 is 10.2 Å². The maximum absolute atomic E-state index is 11.7. The monoisotopic (exact) mass is 362 g/mol. The summed E-state index contributed by atoms with van der Waals surface area (Å²) in [4.78, 5) is 22.5. The van der Waals surface area contributed by atoms with Gasteiger partial charge in [-0.3, -0.25) is 0 Å². The molecule has 0 amide bonds. The Morgan fingerprint density at radius 2 is 1.92 bits per heavy atom. The number of ether oxygens (including phenoxy) is 1. The Bertz CT molecular complexity index is 718. The van der Waals surface area contributed by atoms with Crippen LogP contribution in [0.25, 0.3) is 0 Å². The lowest BCUT2D eigenvalue weighted by Gasteiger charge is -2.22. The molecule has 6 nitrogen and oxygen atoms in total. The first-order valence-electron chi connectivity index (χ1n) is 8.30. The molecule has 1 N–H and O–H groups in total. The molecule has 0 atom stereocenters. The molecular formula is C18H23ClN4O2. The predicted molar refractivity (Wildman–Crippen MR) is 101 cm³/mol. The zero-order chi connectivity index (χ0) is 18.2. The van der Waals surface area contributed by atoms with E-state index in [0.29, 0.717) is 22.1 Å². The molecule has 2 rings (SSSR count). The maximum atomic E-state index is 11.7. The molecule has 0 radical (unpaired) electrons. The van der Waals surface area contributed by atoms with Gasteiger partial charge >= 0.3 is 5.97 Å². The number of carbonyl (C=O) groups is 1. The number of carbonyl (C=O) groups excluding carboxylic acids is 1. The highest BCUT2D eigenvalue weighted by molar-refractivity contribution is 6.33. The lowest BCUT2D eigenvalue weighted by molar-refractivity contribution is 0.0601. The van der Waals surface area contributed by atoms with E-state index in [1.165, 1.54) is 13.4 Å². The van der Waals surface area contributed by atoms with Crippen molar-refractivity contribution in [1.82, 2.24) is 9.97 Å². The van der Waals surface area contributed by atoms with Gasteiger partial charge in [-0.1, -0.05) is 25.4 Å². The van der Waals surface area contributed by atoms with E-state index in [-0.39, 0.29) is 0 Å². The highest BCUT2D eigenvalue weighted by atomic mass is 35.5. The quantitative estimate of drug-likeness (QED) is 0.707. The molecule has 2 aromatic rings. The van der Waals surface area contributed by atoms with Crippen LogP contribution in [-0.2, 0) is 4.74 Å². The van der Waals surface area contributed by atoms with Crippen LogP contribution in [0, 0.1) is 0 Å². The van der Waals surface area contributed by atoms with Crippen LogP contribution in [0.4, 0.5) is 17.3 Å². The minimum absolute atomic E-state index is 0.417. The lowest BCUT2D eigenvalue weighted by Crippen LogP contribution is -2.25. The number of benzene rings is 1. The normalized spacial score (nSPS) is 10.4. The van der Waals surface area contributed by atoms with E-state index in [1.54, 1.807) is 18.2 Å². The number of rotatable bonds is 8. The molecule has 0 aliphatic rings. The van der Waals surface area contributed by atoms with Gasteiger partial charge in [0.15, 0.2) is 0 Å². The third-order valence-electron chi connectivity index (χ3n) is 3.61. The summed E-state index contributed by atoms with van der Waals surface area (Å²) in [7, 11) is 1.34. The molecule has 1 heterocycles. The molecular weight excluding hydrogens is 340 g/mol. The van der Waals surface area contributed by atoms with Crippen molar-refractivity contribution in [3.63, 3.8) is 0 Å². The van der Waals surface area contributed by atoms with Gasteiger partial charge in [0, 0.05) is 19.2 Å². The first kappa shape index (κ1) is 19.0. The summed E-state index contributed by atoms with van der Waals surface area (Å²) in [5.74, 6) is 1.06. The van der Waals surface area contributed by atoms with Crippen LogP contribution >= 0.6 is 11.6 Å². The summed E-state index contributed by atoms with van der Waals surface area (Å²) < 4.78 is 4.74. The van der Waals surface area contributed by atoms with Gasteiger partial charge in [-0.05, 0) is 31.0 Å². The molecule has 134 valence electrons. The van der Waals surface area contributed by atoms with Crippen LogP contribution in [0.5, 0.6) is 0 Å². The van der Waals surface area contributed by atoms with Gasteiger partial charge in [-0.2, -0.15) is 0 Å². The minimum atomic E-state index is -0.417. The number of halogens is 1. The van der Waals surface area contributed by atoms with E-state index in [4.69, 9.17) is 16.3 Å². The van der Waals surface area contributed by atoms with E-state index in [0.717, 1.165) is 31.7 Å². The average Bonchev–Trinajstić information content (AvgIpc) is 2.63. The second-order valence-electron chi connectivity index (χ2n) is 5.56. The van der Waals surface area contributed by atoms with Gasteiger partial charge in [0.1, 0.15) is 18.0 Å². The number of esters is 1. The number of nitrogens with zero attached hydrogens (tertiary/aromatic N) is 3. The summed E-state index contributed by atoms with van der Waals surface area (Å²) in [6, 6.07) is 6.80. The molecule has 0 saturated heterocycles. The number of hydrogen-bond acceptors (Lipinski definition) is 6. The molecule has 0 aliphatic heterocycles. The highest BCUT2D eigenvalue weighted by Crippen LogP contribution is 2.27. The van der Waals surface area contributed by atoms with Gasteiger partial charge < -0.3 is 15.0 Å². The first-order valence-corrected chi connectivity index (χ1v) is 8.68. The van der Waals surface area contributed by atoms with Crippen molar-refractivity contribution >= 4 is 34.9 Å². The number of hydrogen-bond donors (Lipinski definition) is 1. The average molecular weight is 363 g/mol. The van der Waals surface area contributed by atoms with E-state index in [1.807, 2.05) is 6.07 Å². The van der Waals surface area contributed by atoms with Crippen molar-refractivity contribution in [2.75, 3.05) is 30.4 Å². The van der Waals surface area contributed by atoms with Crippen molar-refractivity contribution in [3.05, 3.63) is 41.2 Å². The smallest absolute Gasteiger partial charge is 0.337 e. The molecule has 25 heavy (non-hydrogen) atoms. The summed E-state index contributed by atoms with van der Waals surface area (Å²) in [6.45, 7) is 6.15. The Labute approximate surface area is 153 Å². The standard InChI is InChI=1S/C18H23ClN4O2/c1-4-8-23(9-5-2)17-11-16(20-12-21-17)22-15-10-13(18(24)25-3)6-7-14(15)19/h6-7,10-12H,4-5,8-9H2,1-3H3,(H,20,21,22). The largest absolute Gasteiger partial charge is 0.465 e. The molecule has 0 bridgehead atoms. The van der Waals surface area contributed by atoms with Crippen molar-refractivity contribution in [3.8, 4) is 0 Å². The summed E-state index contributed by atoms with van der Waals surface area (Å²) in [5.41, 5.74) is 1.01. The first-order chi connectivity index (χ1) is 12.1. The molecule has 0 unspecified atom stereocenters. The fraction of sp³-hybridized carbons (Fsp3) is 0.389. The van der Waals surface area contributed by atoms with Crippen LogP contribution in [-0.4, -0.2) is 36.1 Å². The fourth-order valence-corrected chi connectivity index (χ4v) is 2.64. The van der Waals surface area contributed by atoms with Gasteiger partial charge in [0.2, 0.25) is 0 Å². The second kappa shape index (κ2) is 9.22. The Morgan fingerprint density at radius 1 is 1.20 bits per heavy atom. The number of anilines is 3. The van der Waals surface area contributed by atoms with Crippen molar-refractivity contribution < 1.29 is 9.53 Å². The van der Waals surface area contributed by atoms with Crippen LogP contribution in [0.3, 0.4) is 0 Å². The Balaban J connectivity index is 2.26. The third kappa shape index (κ3) is 5.06. The van der Waals surface area contributed by atoms with Gasteiger partial charge in [0.05, 0.1) is 23.4 Å². The summed E-state index contributed by atoms with van der Waals surface area (Å²) in [6.07, 6.45) is 3.60. The predicted octanol–water partition coefficient (Wildman–Crippen LogP) is 4.29. The topological polar surface area (TPSA) is 67.4 Å². The Kier molecular flexibility index (Phi) is 7.01. The lowest BCUT2D eigenvalue weighted by atomic mass is 10.2. The molecule has 0 spiro atoms. The van der Waals surface area contributed by atoms with E-state index < -0.39 is 5.97 Å². The third-order valence-corrected chi connectivity index (χ3v) is 3.94. The minimum Gasteiger partial charge on any atom is -0.465 e. The van der Waals surface area contributed by atoms with E-state index in [2.05, 4.69) is 34.0 Å². The van der Waals surface area contributed by atoms with E-state index >= 15 is 0 Å². The summed E-state index contributed by atoms with van der Waals surface area (Å²) >= 11 is 6.23. The van der Waals surface area contributed by atoms with Gasteiger partial charge in [0.25, 0.3) is 0 Å². The van der Waals surface area contributed by atoms with Crippen LogP contribution in [0.1, 0.15) is 37.0 Å². The zero-order valence-corrected chi connectivity index (χ0v) is 15.5. The maximum Gasteiger partial charge on any atom is 0.337 e. The number of nitrogens with one attached hydrogen (secondary N) is 1. The van der Waals surface area contributed by atoms with Crippen LogP contribution in [0.2, 0.25) is 5.02 Å². The van der Waals surface area contributed by atoms with Gasteiger partial charge in [-0.15, -0.1) is 0 Å². The summed E-state index contributed by atoms with van der Waals surface area (Å²) in [5, 5.41) is 3.65. The second-order valence-corrected chi connectivity index (χ2v) is 5.97. The molecule has 1 aromatic heterocycles. The molecule has 0 saturated carbocycles. The van der Waals surface area contributed by atoms with Crippen molar-refractivity contribution in [2.24, 2.45) is 0 Å². The zero-order valence-electron chi connectivity index (χ0n) is 14.8. The Morgan fingerprint density at radius 3 is 2.56 bits per heavy atom. The fourth-order valence-electron chi connectivity index (χ4n) is 2.47.